The van der Waals surface area contributed by atoms with Gasteiger partial charge in [-0.25, -0.2) is 4.79 Å². The fourth-order valence-electron chi connectivity index (χ4n) is 2.80. The van der Waals surface area contributed by atoms with Crippen LogP contribution in [0.2, 0.25) is 0 Å². The Morgan fingerprint density at radius 1 is 1.00 bits per heavy atom. The van der Waals surface area contributed by atoms with Crippen molar-refractivity contribution in [3.8, 4) is 0 Å². The highest BCUT2D eigenvalue weighted by atomic mass is 16.4. The van der Waals surface area contributed by atoms with E-state index in [1.165, 1.54) is 11.8 Å². The minimum absolute atomic E-state index is 0.179. The van der Waals surface area contributed by atoms with Gasteiger partial charge in [0.15, 0.2) is 0 Å². The van der Waals surface area contributed by atoms with Crippen LogP contribution in [-0.2, 0) is 6.42 Å². The Bertz CT molecular complexity index is 926. The number of hydrogen-bond acceptors (Lipinski definition) is 3. The molecule has 24 heavy (non-hydrogen) atoms. The summed E-state index contributed by atoms with van der Waals surface area (Å²) >= 11 is 0. The maximum atomic E-state index is 13.0. The molecule has 0 spiro atoms. The first-order valence-electron chi connectivity index (χ1n) is 8.07. The maximum Gasteiger partial charge on any atom is 0.343 e. The summed E-state index contributed by atoms with van der Waals surface area (Å²) in [7, 11) is 0. The van der Waals surface area contributed by atoms with Crippen molar-refractivity contribution in [2.24, 2.45) is 0 Å². The smallest absolute Gasteiger partial charge is 0.343 e. The van der Waals surface area contributed by atoms with E-state index in [9.17, 15) is 9.59 Å². The van der Waals surface area contributed by atoms with Crippen molar-refractivity contribution < 1.29 is 9.21 Å². The summed E-state index contributed by atoms with van der Waals surface area (Å²) in [6, 6.07) is 14.9. The Morgan fingerprint density at radius 2 is 1.67 bits per heavy atom. The number of amides is 1. The molecule has 0 aliphatic rings. The average Bonchev–Trinajstić information content (AvgIpc) is 2.63. The van der Waals surface area contributed by atoms with E-state index in [0.717, 1.165) is 12.1 Å². The van der Waals surface area contributed by atoms with E-state index in [4.69, 9.17) is 4.42 Å². The van der Waals surface area contributed by atoms with Crippen molar-refractivity contribution in [2.45, 2.75) is 20.3 Å². The SMILES string of the molecule is CCc1ccc(N(CC)C(=O)c2coc(=O)c3ccccc23)cc1. The van der Waals surface area contributed by atoms with Gasteiger partial charge >= 0.3 is 5.63 Å². The van der Waals surface area contributed by atoms with Crippen LogP contribution in [0.4, 0.5) is 5.69 Å². The molecule has 0 unspecified atom stereocenters. The number of benzene rings is 2. The fourth-order valence-corrected chi connectivity index (χ4v) is 2.80. The number of rotatable bonds is 4. The third-order valence-corrected chi connectivity index (χ3v) is 4.17. The molecule has 122 valence electrons. The number of hydrogen-bond donors (Lipinski definition) is 0. The summed E-state index contributed by atoms with van der Waals surface area (Å²) in [6.45, 7) is 4.54. The highest BCUT2D eigenvalue weighted by Gasteiger charge is 2.20. The van der Waals surface area contributed by atoms with Gasteiger partial charge in [-0.05, 0) is 37.1 Å². The van der Waals surface area contributed by atoms with Crippen LogP contribution < -0.4 is 10.5 Å². The lowest BCUT2D eigenvalue weighted by Crippen LogP contribution is -2.31. The molecular weight excluding hydrogens is 302 g/mol. The van der Waals surface area contributed by atoms with Gasteiger partial charge in [0.05, 0.1) is 10.9 Å². The number of aryl methyl sites for hydroxylation is 1. The molecule has 4 heteroatoms. The first-order valence-corrected chi connectivity index (χ1v) is 8.07. The molecule has 1 amide bonds. The lowest BCUT2D eigenvalue weighted by molar-refractivity contribution is 0.0988. The van der Waals surface area contributed by atoms with Gasteiger partial charge in [-0.2, -0.15) is 0 Å². The van der Waals surface area contributed by atoms with Crippen LogP contribution in [-0.4, -0.2) is 12.5 Å². The van der Waals surface area contributed by atoms with Crippen molar-refractivity contribution >= 4 is 22.4 Å². The molecule has 0 atom stereocenters. The number of carbonyl (C=O) groups excluding carboxylic acids is 1. The van der Waals surface area contributed by atoms with E-state index in [0.29, 0.717) is 22.9 Å². The van der Waals surface area contributed by atoms with Crippen LogP contribution in [0.5, 0.6) is 0 Å². The molecule has 0 bridgehead atoms. The largest absolute Gasteiger partial charge is 0.430 e. The number of nitrogens with zero attached hydrogens (tertiary/aromatic N) is 1. The van der Waals surface area contributed by atoms with Gasteiger partial charge < -0.3 is 9.32 Å². The molecule has 1 aromatic heterocycles. The standard InChI is InChI=1S/C20H19NO3/c1-3-14-9-11-15(12-10-14)21(4-2)19(22)18-13-24-20(23)17-8-6-5-7-16(17)18/h5-13H,3-4H2,1-2H3. The topological polar surface area (TPSA) is 50.5 Å². The van der Waals surface area contributed by atoms with E-state index >= 15 is 0 Å². The van der Waals surface area contributed by atoms with Crippen LogP contribution in [0.15, 0.2) is 64.0 Å². The highest BCUT2D eigenvalue weighted by Crippen LogP contribution is 2.22. The van der Waals surface area contributed by atoms with Crippen molar-refractivity contribution in [2.75, 3.05) is 11.4 Å². The molecule has 0 fully saturated rings. The van der Waals surface area contributed by atoms with Gasteiger partial charge in [0.2, 0.25) is 0 Å². The second-order valence-corrected chi connectivity index (χ2v) is 5.55. The Balaban J connectivity index is 2.06. The molecular formula is C20H19NO3. The summed E-state index contributed by atoms with van der Waals surface area (Å²) in [5, 5.41) is 1.03. The third kappa shape index (κ3) is 2.83. The Labute approximate surface area is 140 Å². The van der Waals surface area contributed by atoms with Gasteiger partial charge in [0, 0.05) is 17.6 Å². The van der Waals surface area contributed by atoms with Gasteiger partial charge in [-0.15, -0.1) is 0 Å². The minimum Gasteiger partial charge on any atom is -0.430 e. The fraction of sp³-hybridized carbons (Fsp3) is 0.200. The van der Waals surface area contributed by atoms with Gasteiger partial charge in [0.25, 0.3) is 5.91 Å². The molecule has 0 aliphatic carbocycles. The monoisotopic (exact) mass is 321 g/mol. The quantitative estimate of drug-likeness (QED) is 0.729. The van der Waals surface area contributed by atoms with Crippen molar-refractivity contribution in [1.29, 1.82) is 0 Å². The van der Waals surface area contributed by atoms with E-state index < -0.39 is 5.63 Å². The molecule has 0 N–H and O–H groups in total. The van der Waals surface area contributed by atoms with Crippen LogP contribution >= 0.6 is 0 Å². The third-order valence-electron chi connectivity index (χ3n) is 4.17. The molecule has 0 aliphatic heterocycles. The summed E-state index contributed by atoms with van der Waals surface area (Å²) < 4.78 is 5.06. The zero-order valence-corrected chi connectivity index (χ0v) is 13.8. The molecule has 3 aromatic rings. The number of fused-ring (bicyclic) bond motifs is 1. The summed E-state index contributed by atoms with van der Waals surface area (Å²) in [5.41, 5.74) is 2.01. The maximum absolute atomic E-state index is 13.0. The van der Waals surface area contributed by atoms with Gasteiger partial charge in [-0.1, -0.05) is 37.3 Å². The van der Waals surface area contributed by atoms with Crippen molar-refractivity contribution in [1.82, 2.24) is 0 Å². The van der Waals surface area contributed by atoms with Crippen molar-refractivity contribution in [3.05, 3.63) is 76.3 Å². The highest BCUT2D eigenvalue weighted by molar-refractivity contribution is 6.13. The van der Waals surface area contributed by atoms with Crippen LogP contribution in [0.1, 0.15) is 29.8 Å². The van der Waals surface area contributed by atoms with Gasteiger partial charge in [0.1, 0.15) is 6.26 Å². The molecule has 0 radical (unpaired) electrons. The predicted molar refractivity (Wildman–Crippen MR) is 95.7 cm³/mol. The second kappa shape index (κ2) is 6.71. The number of carbonyl (C=O) groups is 1. The van der Waals surface area contributed by atoms with Crippen LogP contribution in [0.3, 0.4) is 0 Å². The predicted octanol–water partition coefficient (Wildman–Crippen LogP) is 4.02. The van der Waals surface area contributed by atoms with Crippen LogP contribution in [0, 0.1) is 0 Å². The lowest BCUT2D eigenvalue weighted by atomic mass is 10.1. The van der Waals surface area contributed by atoms with E-state index in [-0.39, 0.29) is 5.91 Å². The Kier molecular flexibility index (Phi) is 4.47. The molecule has 2 aromatic carbocycles. The molecule has 0 saturated heterocycles. The first kappa shape index (κ1) is 16.0. The van der Waals surface area contributed by atoms with Crippen LogP contribution in [0.25, 0.3) is 10.8 Å². The van der Waals surface area contributed by atoms with Crippen molar-refractivity contribution in [3.63, 3.8) is 0 Å². The minimum atomic E-state index is -0.433. The second-order valence-electron chi connectivity index (χ2n) is 5.55. The Hall–Kier alpha value is -2.88. The summed E-state index contributed by atoms with van der Waals surface area (Å²) in [5.74, 6) is -0.179. The zero-order chi connectivity index (χ0) is 17.1. The normalized spacial score (nSPS) is 10.8. The average molecular weight is 321 g/mol. The van der Waals surface area contributed by atoms with E-state index in [1.54, 1.807) is 23.1 Å². The lowest BCUT2D eigenvalue weighted by Gasteiger charge is -2.21. The van der Waals surface area contributed by atoms with E-state index in [1.807, 2.05) is 37.3 Å². The molecule has 0 saturated carbocycles. The van der Waals surface area contributed by atoms with Gasteiger partial charge in [-0.3, -0.25) is 4.79 Å². The summed E-state index contributed by atoms with van der Waals surface area (Å²) in [4.78, 5) is 26.5. The molecule has 3 rings (SSSR count). The number of anilines is 1. The van der Waals surface area contributed by atoms with E-state index in [2.05, 4.69) is 6.92 Å². The molecule has 1 heterocycles. The first-order chi connectivity index (χ1) is 11.7. The Morgan fingerprint density at radius 3 is 2.29 bits per heavy atom. The summed E-state index contributed by atoms with van der Waals surface area (Å²) in [6.07, 6.45) is 2.21. The zero-order valence-electron chi connectivity index (χ0n) is 13.8. The molecule has 4 nitrogen and oxygen atoms in total.